The highest BCUT2D eigenvalue weighted by molar-refractivity contribution is 5.01. The summed E-state index contributed by atoms with van der Waals surface area (Å²) in [6.07, 6.45) is 0. The molecule has 4 nitrogen and oxygen atoms in total. The molecule has 0 N–H and O–H groups in total. The molecule has 2 unspecified atom stereocenters. The van der Waals surface area contributed by atoms with Gasteiger partial charge < -0.3 is 19.6 Å². The lowest BCUT2D eigenvalue weighted by Crippen LogP contribution is -2.33. The molecule has 0 spiro atoms. The number of hydrogen-bond acceptors (Lipinski definition) is 4. The van der Waals surface area contributed by atoms with Gasteiger partial charge in [-0.25, -0.2) is 0 Å². The van der Waals surface area contributed by atoms with Crippen molar-refractivity contribution in [2.75, 3.05) is 67.5 Å². The van der Waals surface area contributed by atoms with Crippen molar-refractivity contribution in [3.63, 3.8) is 0 Å². The fraction of sp³-hybridized carbons (Fsp3) is 0.875. The first-order valence-corrected chi connectivity index (χ1v) is 7.77. The Balaban J connectivity index is 2.39. The Morgan fingerprint density at radius 3 is 1.55 bits per heavy atom. The molecule has 0 bridgehead atoms. The van der Waals surface area contributed by atoms with E-state index < -0.39 is 0 Å². The van der Waals surface area contributed by atoms with Crippen LogP contribution in [-0.2, 0) is 0 Å². The molecule has 118 valence electrons. The van der Waals surface area contributed by atoms with Gasteiger partial charge >= 0.3 is 0 Å². The maximum Gasteiger partial charge on any atom is 0.0966 e. The van der Waals surface area contributed by atoms with E-state index >= 15 is 0 Å². The highest BCUT2D eigenvalue weighted by Crippen LogP contribution is 2.20. The number of hydrogen-bond donors (Lipinski definition) is 0. The summed E-state index contributed by atoms with van der Waals surface area (Å²) >= 11 is 0. The Hall–Kier alpha value is -0.740. The van der Waals surface area contributed by atoms with Crippen LogP contribution in [0.2, 0.25) is 0 Å². The largest absolute Gasteiger partial charge is 0.357 e. The van der Waals surface area contributed by atoms with E-state index in [1.54, 1.807) is 0 Å². The highest BCUT2D eigenvalue weighted by Gasteiger charge is 2.25. The van der Waals surface area contributed by atoms with Crippen LogP contribution in [0.5, 0.6) is 0 Å². The van der Waals surface area contributed by atoms with Crippen LogP contribution in [0, 0.1) is 11.8 Å². The van der Waals surface area contributed by atoms with Crippen LogP contribution in [-0.4, -0.2) is 87.1 Å². The Morgan fingerprint density at radius 1 is 0.900 bits per heavy atom. The van der Waals surface area contributed by atoms with E-state index in [0.29, 0.717) is 11.8 Å². The first-order valence-electron chi connectivity index (χ1n) is 7.77. The quantitative estimate of drug-likeness (QED) is 0.668. The van der Waals surface area contributed by atoms with Crippen molar-refractivity contribution in [3.05, 3.63) is 12.4 Å². The van der Waals surface area contributed by atoms with Crippen molar-refractivity contribution in [3.8, 4) is 0 Å². The van der Waals surface area contributed by atoms with Crippen LogP contribution in [0.3, 0.4) is 0 Å². The Bertz CT molecular complexity index is 273. The molecule has 0 amide bonds. The summed E-state index contributed by atoms with van der Waals surface area (Å²) in [5.41, 5.74) is 0. The molecular formula is C16H34N4. The lowest BCUT2D eigenvalue weighted by atomic mass is 10.1. The molecule has 1 saturated heterocycles. The Kier molecular flexibility index (Phi) is 6.83. The van der Waals surface area contributed by atoms with Crippen LogP contribution < -0.4 is 0 Å². The van der Waals surface area contributed by atoms with Crippen molar-refractivity contribution < 1.29 is 0 Å². The summed E-state index contributed by atoms with van der Waals surface area (Å²) in [6.45, 7) is 15.7. The molecule has 1 rings (SSSR count). The zero-order valence-corrected chi connectivity index (χ0v) is 14.4. The second kappa shape index (κ2) is 7.89. The lowest BCUT2D eigenvalue weighted by Gasteiger charge is -2.29. The Morgan fingerprint density at radius 2 is 1.25 bits per heavy atom. The van der Waals surface area contributed by atoms with Crippen molar-refractivity contribution in [2.24, 2.45) is 11.8 Å². The molecule has 20 heavy (non-hydrogen) atoms. The minimum absolute atomic E-state index is 0.681. The fourth-order valence-corrected chi connectivity index (χ4v) is 3.21. The lowest BCUT2D eigenvalue weighted by molar-refractivity contribution is 0.240. The third kappa shape index (κ3) is 5.71. The predicted molar refractivity (Wildman–Crippen MR) is 87.7 cm³/mol. The normalized spacial score (nSPS) is 19.3. The second-order valence-electron chi connectivity index (χ2n) is 7.04. The summed E-state index contributed by atoms with van der Waals surface area (Å²) in [6, 6.07) is 0. The van der Waals surface area contributed by atoms with E-state index in [-0.39, 0.29) is 0 Å². The maximum absolute atomic E-state index is 4.31. The van der Waals surface area contributed by atoms with Crippen molar-refractivity contribution in [1.82, 2.24) is 19.6 Å². The van der Waals surface area contributed by atoms with Crippen LogP contribution in [0.1, 0.15) is 13.8 Å². The van der Waals surface area contributed by atoms with Crippen LogP contribution >= 0.6 is 0 Å². The first-order chi connectivity index (χ1) is 9.29. The average molecular weight is 282 g/mol. The van der Waals surface area contributed by atoms with Gasteiger partial charge in [0, 0.05) is 39.3 Å². The number of nitrogens with zero attached hydrogens (tertiary/aromatic N) is 4. The zero-order chi connectivity index (χ0) is 15.3. The van der Waals surface area contributed by atoms with E-state index in [2.05, 4.69) is 68.2 Å². The third-order valence-corrected chi connectivity index (χ3v) is 3.79. The van der Waals surface area contributed by atoms with Gasteiger partial charge in [0.1, 0.15) is 0 Å². The summed E-state index contributed by atoms with van der Waals surface area (Å²) < 4.78 is 0. The van der Waals surface area contributed by atoms with Gasteiger partial charge in [0.15, 0.2) is 0 Å². The smallest absolute Gasteiger partial charge is 0.0966 e. The van der Waals surface area contributed by atoms with Crippen LogP contribution in [0.4, 0.5) is 0 Å². The molecule has 1 heterocycles. The molecule has 1 fully saturated rings. The number of rotatable bonds is 8. The first kappa shape index (κ1) is 17.3. The molecule has 0 aromatic rings. The minimum atomic E-state index is 0.681. The molecule has 0 aromatic carbocycles. The highest BCUT2D eigenvalue weighted by atomic mass is 15.4. The summed E-state index contributed by atoms with van der Waals surface area (Å²) in [5.74, 6) is 2.59. The molecular weight excluding hydrogens is 248 g/mol. The van der Waals surface area contributed by atoms with Crippen molar-refractivity contribution in [1.29, 1.82) is 0 Å². The van der Waals surface area contributed by atoms with Gasteiger partial charge in [-0.2, -0.15) is 0 Å². The molecule has 1 aliphatic rings. The Labute approximate surface area is 126 Å². The molecule has 0 saturated carbocycles. The van der Waals surface area contributed by atoms with Gasteiger partial charge in [-0.3, -0.25) is 0 Å². The van der Waals surface area contributed by atoms with Gasteiger partial charge in [-0.15, -0.1) is 0 Å². The molecule has 2 atom stereocenters. The van der Waals surface area contributed by atoms with Gasteiger partial charge in [0.05, 0.1) is 5.82 Å². The van der Waals surface area contributed by atoms with E-state index in [1.807, 2.05) is 0 Å². The van der Waals surface area contributed by atoms with Gasteiger partial charge in [0.25, 0.3) is 0 Å². The molecule has 0 aromatic heterocycles. The van der Waals surface area contributed by atoms with Crippen molar-refractivity contribution in [2.45, 2.75) is 13.8 Å². The fourth-order valence-electron chi connectivity index (χ4n) is 3.21. The van der Waals surface area contributed by atoms with Crippen LogP contribution in [0.25, 0.3) is 0 Å². The zero-order valence-electron chi connectivity index (χ0n) is 14.4. The van der Waals surface area contributed by atoms with Gasteiger partial charge in [-0.1, -0.05) is 20.4 Å². The molecule has 4 heteroatoms. The maximum atomic E-state index is 4.31. The van der Waals surface area contributed by atoms with E-state index in [1.165, 1.54) is 5.82 Å². The minimum Gasteiger partial charge on any atom is -0.357 e. The molecule has 0 radical (unpaired) electrons. The standard InChI is InChI=1S/C16H34N4/c1-14(10-17(4)5)12-19-8-9-20(16(19)3)13-15(2)11-18(6)7/h14-15H,3,8-13H2,1-2,4-7H3. The molecule has 0 aliphatic carbocycles. The third-order valence-electron chi connectivity index (χ3n) is 3.79. The summed E-state index contributed by atoms with van der Waals surface area (Å²) in [5, 5.41) is 0. The van der Waals surface area contributed by atoms with E-state index in [4.69, 9.17) is 0 Å². The summed E-state index contributed by atoms with van der Waals surface area (Å²) in [7, 11) is 8.57. The SMILES string of the molecule is C=C1N(CC(C)CN(C)C)CCN1CC(C)CN(C)C. The monoisotopic (exact) mass is 282 g/mol. The van der Waals surface area contributed by atoms with Gasteiger partial charge in [0.2, 0.25) is 0 Å². The van der Waals surface area contributed by atoms with Crippen molar-refractivity contribution >= 4 is 0 Å². The van der Waals surface area contributed by atoms with E-state index in [0.717, 1.165) is 39.3 Å². The molecule has 1 aliphatic heterocycles. The van der Waals surface area contributed by atoms with Gasteiger partial charge in [-0.05, 0) is 40.0 Å². The van der Waals surface area contributed by atoms with E-state index in [9.17, 15) is 0 Å². The average Bonchev–Trinajstić information content (AvgIpc) is 2.59. The topological polar surface area (TPSA) is 13.0 Å². The second-order valence-corrected chi connectivity index (χ2v) is 7.04. The van der Waals surface area contributed by atoms with Crippen LogP contribution in [0.15, 0.2) is 12.4 Å². The predicted octanol–water partition coefficient (Wildman–Crippen LogP) is 1.47. The summed E-state index contributed by atoms with van der Waals surface area (Å²) in [4.78, 5) is 9.44.